The van der Waals surface area contributed by atoms with Crippen molar-refractivity contribution in [3.63, 3.8) is 0 Å². The van der Waals surface area contributed by atoms with Crippen LogP contribution in [0.1, 0.15) is 46.5 Å². The number of anilines is 2. The smallest absolute Gasteiger partial charge is 0.130 e. The van der Waals surface area contributed by atoms with Gasteiger partial charge in [-0.25, -0.2) is 4.98 Å². The Morgan fingerprint density at radius 2 is 1.89 bits per heavy atom. The van der Waals surface area contributed by atoms with Crippen LogP contribution in [0.5, 0.6) is 0 Å². The SMILES string of the molecule is CN(c1cccc(NC(C)(C)C)n1)C1CCCC1. The zero-order valence-corrected chi connectivity index (χ0v) is 12.0. The Morgan fingerprint density at radius 3 is 2.50 bits per heavy atom. The zero-order chi connectivity index (χ0) is 13.2. The minimum absolute atomic E-state index is 0.0531. The van der Waals surface area contributed by atoms with Gasteiger partial charge in [-0.3, -0.25) is 0 Å². The fourth-order valence-corrected chi connectivity index (χ4v) is 2.55. The van der Waals surface area contributed by atoms with Crippen molar-refractivity contribution in [1.82, 2.24) is 4.98 Å². The molecule has 0 radical (unpaired) electrons. The van der Waals surface area contributed by atoms with Crippen molar-refractivity contribution in [3.05, 3.63) is 18.2 Å². The van der Waals surface area contributed by atoms with Gasteiger partial charge in [-0.1, -0.05) is 18.9 Å². The van der Waals surface area contributed by atoms with E-state index >= 15 is 0 Å². The van der Waals surface area contributed by atoms with Gasteiger partial charge in [-0.05, 0) is 45.7 Å². The van der Waals surface area contributed by atoms with Gasteiger partial charge in [0.2, 0.25) is 0 Å². The molecule has 1 heterocycles. The molecule has 3 nitrogen and oxygen atoms in total. The number of pyridine rings is 1. The highest BCUT2D eigenvalue weighted by Gasteiger charge is 2.21. The Labute approximate surface area is 111 Å². The standard InChI is InChI=1S/C15H25N3/c1-15(2,3)17-13-10-7-11-14(16-13)18(4)12-8-5-6-9-12/h7,10-12H,5-6,8-9H2,1-4H3,(H,16,17). The Balaban J connectivity index is 2.11. The van der Waals surface area contributed by atoms with Gasteiger partial charge in [-0.15, -0.1) is 0 Å². The van der Waals surface area contributed by atoms with Crippen molar-refractivity contribution < 1.29 is 0 Å². The average molecular weight is 247 g/mol. The van der Waals surface area contributed by atoms with Crippen molar-refractivity contribution in [2.75, 3.05) is 17.3 Å². The highest BCUT2D eigenvalue weighted by atomic mass is 15.2. The molecule has 0 amide bonds. The maximum atomic E-state index is 4.72. The third-order valence-electron chi connectivity index (χ3n) is 3.47. The normalized spacial score (nSPS) is 16.9. The number of aromatic nitrogens is 1. The van der Waals surface area contributed by atoms with E-state index in [0.29, 0.717) is 6.04 Å². The molecule has 1 aromatic heterocycles. The van der Waals surface area contributed by atoms with Crippen molar-refractivity contribution in [2.24, 2.45) is 0 Å². The first-order valence-electron chi connectivity index (χ1n) is 6.94. The van der Waals surface area contributed by atoms with E-state index in [9.17, 15) is 0 Å². The minimum Gasteiger partial charge on any atom is -0.365 e. The number of nitrogens with one attached hydrogen (secondary N) is 1. The highest BCUT2D eigenvalue weighted by Crippen LogP contribution is 2.26. The van der Waals surface area contributed by atoms with E-state index in [1.165, 1.54) is 25.7 Å². The predicted molar refractivity (Wildman–Crippen MR) is 78.3 cm³/mol. The van der Waals surface area contributed by atoms with Crippen LogP contribution in [0.4, 0.5) is 11.6 Å². The van der Waals surface area contributed by atoms with Crippen LogP contribution in [0.2, 0.25) is 0 Å². The van der Waals surface area contributed by atoms with E-state index < -0.39 is 0 Å². The highest BCUT2D eigenvalue weighted by molar-refractivity contribution is 5.48. The van der Waals surface area contributed by atoms with Crippen molar-refractivity contribution in [1.29, 1.82) is 0 Å². The van der Waals surface area contributed by atoms with Crippen molar-refractivity contribution >= 4 is 11.6 Å². The first kappa shape index (κ1) is 13.2. The number of hydrogen-bond donors (Lipinski definition) is 1. The van der Waals surface area contributed by atoms with Gasteiger partial charge < -0.3 is 10.2 Å². The lowest BCUT2D eigenvalue weighted by Gasteiger charge is -2.27. The van der Waals surface area contributed by atoms with Gasteiger partial charge in [0.15, 0.2) is 0 Å². The molecule has 1 aromatic rings. The molecular weight excluding hydrogens is 222 g/mol. The fourth-order valence-electron chi connectivity index (χ4n) is 2.55. The van der Waals surface area contributed by atoms with Gasteiger partial charge in [0.05, 0.1) is 0 Å². The van der Waals surface area contributed by atoms with Crippen LogP contribution in [0.25, 0.3) is 0 Å². The second kappa shape index (κ2) is 5.17. The largest absolute Gasteiger partial charge is 0.365 e. The predicted octanol–water partition coefficient (Wildman–Crippen LogP) is 3.67. The maximum absolute atomic E-state index is 4.72. The topological polar surface area (TPSA) is 28.2 Å². The molecule has 0 spiro atoms. The van der Waals surface area contributed by atoms with Crippen LogP contribution >= 0.6 is 0 Å². The second-order valence-corrected chi connectivity index (χ2v) is 6.31. The summed E-state index contributed by atoms with van der Waals surface area (Å²) in [6, 6.07) is 6.90. The lowest BCUT2D eigenvalue weighted by atomic mass is 10.1. The summed E-state index contributed by atoms with van der Waals surface area (Å²) in [5.41, 5.74) is 0.0531. The molecule has 2 rings (SSSR count). The van der Waals surface area contributed by atoms with Gasteiger partial charge >= 0.3 is 0 Å². The summed E-state index contributed by atoms with van der Waals surface area (Å²) in [4.78, 5) is 7.05. The minimum atomic E-state index is 0.0531. The summed E-state index contributed by atoms with van der Waals surface area (Å²) < 4.78 is 0. The van der Waals surface area contributed by atoms with E-state index in [2.05, 4.69) is 50.2 Å². The van der Waals surface area contributed by atoms with Crippen LogP contribution in [0.15, 0.2) is 18.2 Å². The van der Waals surface area contributed by atoms with E-state index in [1.807, 2.05) is 6.07 Å². The fraction of sp³-hybridized carbons (Fsp3) is 0.667. The van der Waals surface area contributed by atoms with E-state index in [-0.39, 0.29) is 5.54 Å². The number of rotatable bonds is 3. The molecule has 18 heavy (non-hydrogen) atoms. The molecule has 0 bridgehead atoms. The number of nitrogens with zero attached hydrogens (tertiary/aromatic N) is 2. The van der Waals surface area contributed by atoms with Crippen molar-refractivity contribution in [2.45, 2.75) is 58.0 Å². The second-order valence-electron chi connectivity index (χ2n) is 6.31. The summed E-state index contributed by atoms with van der Waals surface area (Å²) in [6.45, 7) is 6.46. The summed E-state index contributed by atoms with van der Waals surface area (Å²) >= 11 is 0. The first-order chi connectivity index (χ1) is 8.46. The van der Waals surface area contributed by atoms with Gasteiger partial charge in [-0.2, -0.15) is 0 Å². The Hall–Kier alpha value is -1.25. The summed E-state index contributed by atoms with van der Waals surface area (Å²) in [5, 5.41) is 3.43. The molecule has 1 aliphatic rings. The molecule has 0 aromatic carbocycles. The van der Waals surface area contributed by atoms with Crippen LogP contribution in [0, 0.1) is 0 Å². The van der Waals surface area contributed by atoms with E-state index in [4.69, 9.17) is 4.98 Å². The molecule has 1 aliphatic carbocycles. The molecule has 0 saturated heterocycles. The van der Waals surface area contributed by atoms with Crippen LogP contribution in [-0.2, 0) is 0 Å². The summed E-state index contributed by atoms with van der Waals surface area (Å²) in [7, 11) is 2.17. The molecule has 0 unspecified atom stereocenters. The van der Waals surface area contributed by atoms with E-state index in [0.717, 1.165) is 11.6 Å². The molecule has 1 saturated carbocycles. The average Bonchev–Trinajstić information content (AvgIpc) is 2.79. The third-order valence-corrected chi connectivity index (χ3v) is 3.47. The van der Waals surface area contributed by atoms with Crippen LogP contribution in [-0.4, -0.2) is 23.6 Å². The van der Waals surface area contributed by atoms with Gasteiger partial charge in [0.25, 0.3) is 0 Å². The maximum Gasteiger partial charge on any atom is 0.130 e. The molecular formula is C15H25N3. The summed E-state index contributed by atoms with van der Waals surface area (Å²) in [6.07, 6.45) is 5.31. The third kappa shape index (κ3) is 3.37. The van der Waals surface area contributed by atoms with Crippen LogP contribution < -0.4 is 10.2 Å². The monoisotopic (exact) mass is 247 g/mol. The molecule has 1 fully saturated rings. The van der Waals surface area contributed by atoms with Gasteiger partial charge in [0.1, 0.15) is 11.6 Å². The first-order valence-corrected chi connectivity index (χ1v) is 6.94. The van der Waals surface area contributed by atoms with Crippen LogP contribution in [0.3, 0.4) is 0 Å². The Bertz CT molecular complexity index is 389. The molecule has 3 heteroatoms. The summed E-state index contributed by atoms with van der Waals surface area (Å²) in [5.74, 6) is 2.04. The zero-order valence-electron chi connectivity index (χ0n) is 12.0. The van der Waals surface area contributed by atoms with Gasteiger partial charge in [0, 0.05) is 18.6 Å². The molecule has 100 valence electrons. The Morgan fingerprint density at radius 1 is 1.22 bits per heavy atom. The number of hydrogen-bond acceptors (Lipinski definition) is 3. The quantitative estimate of drug-likeness (QED) is 0.883. The Kier molecular flexibility index (Phi) is 3.79. The van der Waals surface area contributed by atoms with Crippen molar-refractivity contribution in [3.8, 4) is 0 Å². The lowest BCUT2D eigenvalue weighted by Crippen LogP contribution is -2.30. The molecule has 0 aliphatic heterocycles. The lowest BCUT2D eigenvalue weighted by molar-refractivity contribution is 0.626. The molecule has 0 atom stereocenters. The molecule has 1 N–H and O–H groups in total. The van der Waals surface area contributed by atoms with E-state index in [1.54, 1.807) is 0 Å².